The highest BCUT2D eigenvalue weighted by Crippen LogP contribution is 2.24. The third kappa shape index (κ3) is 2.99. The van der Waals surface area contributed by atoms with Gasteiger partial charge in [0.15, 0.2) is 17.3 Å². The molecule has 120 valence electrons. The van der Waals surface area contributed by atoms with E-state index in [1.807, 2.05) is 30.5 Å². The van der Waals surface area contributed by atoms with Crippen molar-refractivity contribution in [3.63, 3.8) is 0 Å². The van der Waals surface area contributed by atoms with Crippen molar-refractivity contribution in [1.82, 2.24) is 14.8 Å². The van der Waals surface area contributed by atoms with Gasteiger partial charge in [0.05, 0.1) is 6.54 Å². The Morgan fingerprint density at radius 2 is 2.09 bits per heavy atom. The molecule has 1 atom stereocenters. The first-order chi connectivity index (χ1) is 10.6. The number of aliphatic imine (C=N–C) groups is 1. The number of oxazole rings is 1. The molecular formula is C15H22N4O2S. The van der Waals surface area contributed by atoms with Crippen molar-refractivity contribution in [2.24, 2.45) is 4.99 Å². The number of piperazine rings is 1. The molecule has 0 radical (unpaired) electrons. The van der Waals surface area contributed by atoms with Crippen molar-refractivity contribution in [3.8, 4) is 0 Å². The quantitative estimate of drug-likeness (QED) is 0.834. The van der Waals surface area contributed by atoms with E-state index in [9.17, 15) is 4.79 Å². The standard InChI is InChI=1S/C15H22N4O2S/c1-10(2)13-12(17-9-21-13)14(20)18-4-6-19(7-5-18)15-16-8-11(3)22-15/h9-11H,4-8H2,1-3H3/t11-/m0/s1. The molecule has 22 heavy (non-hydrogen) atoms. The van der Waals surface area contributed by atoms with E-state index >= 15 is 0 Å². The molecule has 0 bridgehead atoms. The minimum absolute atomic E-state index is 0.0218. The first kappa shape index (κ1) is 15.4. The Balaban J connectivity index is 1.61. The third-order valence-electron chi connectivity index (χ3n) is 3.95. The summed E-state index contributed by atoms with van der Waals surface area (Å²) in [6.45, 7) is 10.2. The topological polar surface area (TPSA) is 61.9 Å². The van der Waals surface area contributed by atoms with Crippen molar-refractivity contribution in [1.29, 1.82) is 0 Å². The average Bonchev–Trinajstić information content (AvgIpc) is 3.15. The Hall–Kier alpha value is -1.50. The number of nitrogens with zero attached hydrogens (tertiary/aromatic N) is 4. The Morgan fingerprint density at radius 3 is 2.68 bits per heavy atom. The molecule has 0 aromatic carbocycles. The summed E-state index contributed by atoms with van der Waals surface area (Å²) in [7, 11) is 0. The number of amidine groups is 1. The summed E-state index contributed by atoms with van der Waals surface area (Å²) in [6, 6.07) is 0. The maximum absolute atomic E-state index is 12.6. The average molecular weight is 322 g/mol. The highest BCUT2D eigenvalue weighted by atomic mass is 32.2. The molecule has 0 spiro atoms. The van der Waals surface area contributed by atoms with Gasteiger partial charge in [0.2, 0.25) is 0 Å². The van der Waals surface area contributed by atoms with Gasteiger partial charge in [-0.2, -0.15) is 0 Å². The summed E-state index contributed by atoms with van der Waals surface area (Å²) >= 11 is 1.83. The van der Waals surface area contributed by atoms with E-state index in [1.165, 1.54) is 6.39 Å². The van der Waals surface area contributed by atoms with Crippen molar-refractivity contribution in [2.45, 2.75) is 31.9 Å². The smallest absolute Gasteiger partial charge is 0.276 e. The summed E-state index contributed by atoms with van der Waals surface area (Å²) in [5, 5.41) is 1.70. The van der Waals surface area contributed by atoms with Crippen LogP contribution in [0.15, 0.2) is 15.8 Å². The van der Waals surface area contributed by atoms with Crippen LogP contribution < -0.4 is 0 Å². The Kier molecular flexibility index (Phi) is 4.42. The van der Waals surface area contributed by atoms with Crippen LogP contribution in [0.2, 0.25) is 0 Å². The summed E-state index contributed by atoms with van der Waals surface area (Å²) in [5.41, 5.74) is 0.463. The minimum Gasteiger partial charge on any atom is -0.447 e. The molecule has 1 saturated heterocycles. The zero-order chi connectivity index (χ0) is 15.7. The van der Waals surface area contributed by atoms with E-state index in [1.54, 1.807) is 0 Å². The van der Waals surface area contributed by atoms with E-state index in [4.69, 9.17) is 4.42 Å². The highest BCUT2D eigenvalue weighted by Gasteiger charge is 2.29. The van der Waals surface area contributed by atoms with Gasteiger partial charge in [0.1, 0.15) is 5.76 Å². The lowest BCUT2D eigenvalue weighted by Gasteiger charge is -2.35. The molecular weight excluding hydrogens is 300 g/mol. The second-order valence-corrected chi connectivity index (χ2v) is 7.46. The van der Waals surface area contributed by atoms with Gasteiger partial charge < -0.3 is 14.2 Å². The van der Waals surface area contributed by atoms with Gasteiger partial charge in [0, 0.05) is 37.3 Å². The third-order valence-corrected chi connectivity index (χ3v) is 5.10. The molecule has 2 aliphatic heterocycles. The van der Waals surface area contributed by atoms with Crippen LogP contribution in [0.25, 0.3) is 0 Å². The van der Waals surface area contributed by atoms with Gasteiger partial charge in [0.25, 0.3) is 5.91 Å². The van der Waals surface area contributed by atoms with Crippen LogP contribution in [0.5, 0.6) is 0 Å². The van der Waals surface area contributed by atoms with Crippen LogP contribution in [-0.4, -0.2) is 63.8 Å². The van der Waals surface area contributed by atoms with Crippen LogP contribution in [0.1, 0.15) is 42.9 Å². The van der Waals surface area contributed by atoms with Gasteiger partial charge in [-0.25, -0.2) is 4.98 Å². The van der Waals surface area contributed by atoms with Crippen LogP contribution in [-0.2, 0) is 0 Å². The molecule has 0 aliphatic carbocycles. The van der Waals surface area contributed by atoms with Crippen molar-refractivity contribution >= 4 is 22.8 Å². The van der Waals surface area contributed by atoms with Gasteiger partial charge >= 0.3 is 0 Å². The predicted octanol–water partition coefficient (Wildman–Crippen LogP) is 2.05. The van der Waals surface area contributed by atoms with Crippen molar-refractivity contribution < 1.29 is 9.21 Å². The van der Waals surface area contributed by atoms with Crippen molar-refractivity contribution in [3.05, 3.63) is 17.8 Å². The van der Waals surface area contributed by atoms with Gasteiger partial charge in [-0.1, -0.05) is 32.5 Å². The van der Waals surface area contributed by atoms with Gasteiger partial charge in [-0.3, -0.25) is 9.79 Å². The summed E-state index contributed by atoms with van der Waals surface area (Å²) < 4.78 is 5.36. The molecule has 0 unspecified atom stereocenters. The predicted molar refractivity (Wildman–Crippen MR) is 87.4 cm³/mol. The molecule has 1 aromatic heterocycles. The normalized spacial score (nSPS) is 22.4. The number of carbonyl (C=O) groups excluding carboxylic acids is 1. The summed E-state index contributed by atoms with van der Waals surface area (Å²) in [5.74, 6) is 0.817. The van der Waals surface area contributed by atoms with E-state index in [0.717, 1.165) is 24.8 Å². The number of rotatable bonds is 2. The first-order valence-corrected chi connectivity index (χ1v) is 8.63. The largest absolute Gasteiger partial charge is 0.447 e. The molecule has 2 aliphatic rings. The lowest BCUT2D eigenvalue weighted by molar-refractivity contribution is 0.0685. The fraction of sp³-hybridized carbons (Fsp3) is 0.667. The Morgan fingerprint density at radius 1 is 1.36 bits per heavy atom. The monoisotopic (exact) mass is 322 g/mol. The maximum atomic E-state index is 12.6. The number of hydrogen-bond donors (Lipinski definition) is 0. The fourth-order valence-electron chi connectivity index (χ4n) is 2.71. The molecule has 3 heterocycles. The number of amides is 1. The zero-order valence-corrected chi connectivity index (χ0v) is 14.1. The molecule has 0 saturated carbocycles. The van der Waals surface area contributed by atoms with E-state index in [2.05, 4.69) is 21.8 Å². The molecule has 6 nitrogen and oxygen atoms in total. The maximum Gasteiger partial charge on any atom is 0.276 e. The van der Waals surface area contributed by atoms with Crippen molar-refractivity contribution in [2.75, 3.05) is 32.7 Å². The van der Waals surface area contributed by atoms with Gasteiger partial charge in [-0.15, -0.1) is 0 Å². The molecule has 3 rings (SSSR count). The van der Waals surface area contributed by atoms with Crippen LogP contribution >= 0.6 is 11.8 Å². The molecule has 0 N–H and O–H groups in total. The molecule has 7 heteroatoms. The van der Waals surface area contributed by atoms with Crippen LogP contribution in [0.4, 0.5) is 0 Å². The highest BCUT2D eigenvalue weighted by molar-refractivity contribution is 8.14. The van der Waals surface area contributed by atoms with E-state index < -0.39 is 0 Å². The van der Waals surface area contributed by atoms with Crippen LogP contribution in [0.3, 0.4) is 0 Å². The second-order valence-electron chi connectivity index (χ2n) is 6.05. The Labute approximate surface area is 135 Å². The number of hydrogen-bond acceptors (Lipinski definition) is 6. The van der Waals surface area contributed by atoms with E-state index in [-0.39, 0.29) is 11.8 Å². The summed E-state index contributed by atoms with van der Waals surface area (Å²) in [6.07, 6.45) is 1.37. The minimum atomic E-state index is -0.0218. The summed E-state index contributed by atoms with van der Waals surface area (Å²) in [4.78, 5) is 25.5. The zero-order valence-electron chi connectivity index (χ0n) is 13.3. The number of thioether (sulfide) groups is 1. The SMILES string of the molecule is CC(C)c1ocnc1C(=O)N1CCN(C2=NC[C@H](C)S2)CC1. The molecule has 1 fully saturated rings. The second kappa shape index (κ2) is 6.32. The van der Waals surface area contributed by atoms with Crippen LogP contribution in [0, 0.1) is 0 Å². The number of carbonyl (C=O) groups is 1. The Bertz CT molecular complexity index is 576. The van der Waals surface area contributed by atoms with E-state index in [0.29, 0.717) is 29.8 Å². The first-order valence-electron chi connectivity index (χ1n) is 7.75. The fourth-order valence-corrected chi connectivity index (χ4v) is 3.70. The number of aromatic nitrogens is 1. The molecule has 1 aromatic rings. The van der Waals surface area contributed by atoms with Gasteiger partial charge in [-0.05, 0) is 0 Å². The molecule has 1 amide bonds. The lowest BCUT2D eigenvalue weighted by Crippen LogP contribution is -2.50. The lowest BCUT2D eigenvalue weighted by atomic mass is 10.1.